The van der Waals surface area contributed by atoms with E-state index in [9.17, 15) is 4.39 Å². The molecule has 1 fully saturated rings. The van der Waals surface area contributed by atoms with E-state index >= 15 is 0 Å². The molecule has 0 saturated carbocycles. The van der Waals surface area contributed by atoms with Crippen molar-refractivity contribution in [3.8, 4) is 0 Å². The van der Waals surface area contributed by atoms with Gasteiger partial charge >= 0.3 is 7.12 Å². The van der Waals surface area contributed by atoms with Crippen LogP contribution in [0, 0.1) is 5.82 Å². The van der Waals surface area contributed by atoms with Gasteiger partial charge in [0.2, 0.25) is 0 Å². The topological polar surface area (TPSA) is 31.4 Å². The third kappa shape index (κ3) is 2.54. The summed E-state index contributed by atoms with van der Waals surface area (Å²) in [5, 5.41) is 0. The summed E-state index contributed by atoms with van der Waals surface area (Å²) < 4.78 is 25.7. The van der Waals surface area contributed by atoms with Crippen molar-refractivity contribution < 1.29 is 13.7 Å². The molecule has 0 amide bonds. The molecule has 0 unspecified atom stereocenters. The first-order valence-corrected chi connectivity index (χ1v) is 6.65. The first-order valence-electron chi connectivity index (χ1n) is 6.65. The van der Waals surface area contributed by atoms with Crippen LogP contribution in [-0.4, -0.2) is 23.3 Å². The van der Waals surface area contributed by atoms with Crippen LogP contribution in [0.1, 0.15) is 53.2 Å². The van der Waals surface area contributed by atoms with E-state index in [4.69, 9.17) is 9.31 Å². The smallest absolute Gasteiger partial charge is 0.399 e. The van der Waals surface area contributed by atoms with Crippen molar-refractivity contribution >= 4 is 12.6 Å². The van der Waals surface area contributed by atoms with Gasteiger partial charge in [0, 0.05) is 11.2 Å². The number of hydrogen-bond acceptors (Lipinski definition) is 3. The van der Waals surface area contributed by atoms with Gasteiger partial charge in [-0.1, -0.05) is 13.8 Å². The molecule has 3 nitrogen and oxygen atoms in total. The molecule has 2 heterocycles. The van der Waals surface area contributed by atoms with Crippen LogP contribution < -0.4 is 5.46 Å². The maximum absolute atomic E-state index is 14.0. The number of rotatable bonds is 2. The van der Waals surface area contributed by atoms with E-state index in [0.717, 1.165) is 5.69 Å². The van der Waals surface area contributed by atoms with Crippen molar-refractivity contribution in [2.45, 2.75) is 58.7 Å². The highest BCUT2D eigenvalue weighted by Gasteiger charge is 2.52. The van der Waals surface area contributed by atoms with Crippen LogP contribution in [0.3, 0.4) is 0 Å². The maximum atomic E-state index is 14.0. The molecule has 1 aliphatic rings. The number of aromatic nitrogens is 1. The average Bonchev–Trinajstić information content (AvgIpc) is 2.48. The van der Waals surface area contributed by atoms with Crippen LogP contribution in [0.4, 0.5) is 4.39 Å². The van der Waals surface area contributed by atoms with Crippen molar-refractivity contribution in [2.75, 3.05) is 0 Å². The van der Waals surface area contributed by atoms with Crippen molar-refractivity contribution in [3.05, 3.63) is 23.8 Å². The van der Waals surface area contributed by atoms with Crippen LogP contribution in [-0.2, 0) is 9.31 Å². The van der Waals surface area contributed by atoms with Gasteiger partial charge < -0.3 is 9.31 Å². The molecule has 19 heavy (non-hydrogen) atoms. The van der Waals surface area contributed by atoms with E-state index in [1.165, 1.54) is 6.20 Å². The Labute approximate surface area is 114 Å². The van der Waals surface area contributed by atoms with Crippen LogP contribution in [0.15, 0.2) is 12.3 Å². The van der Waals surface area contributed by atoms with Gasteiger partial charge in [-0.15, -0.1) is 0 Å². The molecule has 0 atom stereocenters. The molecule has 104 valence electrons. The molecule has 0 bridgehead atoms. The highest BCUT2D eigenvalue weighted by molar-refractivity contribution is 6.62. The second-order valence-electron chi connectivity index (χ2n) is 6.37. The first kappa shape index (κ1) is 14.5. The molecule has 0 spiro atoms. The monoisotopic (exact) mass is 265 g/mol. The summed E-state index contributed by atoms with van der Waals surface area (Å²) in [6.45, 7) is 11.9. The molecule has 0 radical (unpaired) electrons. The number of halogens is 1. The van der Waals surface area contributed by atoms with Gasteiger partial charge in [0.05, 0.1) is 17.4 Å². The average molecular weight is 265 g/mol. The quantitative estimate of drug-likeness (QED) is 0.770. The Balaban J connectivity index is 2.36. The zero-order valence-electron chi connectivity index (χ0n) is 12.5. The number of hydrogen-bond donors (Lipinski definition) is 0. The summed E-state index contributed by atoms with van der Waals surface area (Å²) in [5.41, 5.74) is 0.333. The lowest BCUT2D eigenvalue weighted by atomic mass is 9.78. The Hall–Kier alpha value is -0.935. The lowest BCUT2D eigenvalue weighted by Crippen LogP contribution is -2.41. The van der Waals surface area contributed by atoms with E-state index in [0.29, 0.717) is 5.46 Å². The predicted octanol–water partition coefficient (Wildman–Crippen LogP) is 2.64. The van der Waals surface area contributed by atoms with Gasteiger partial charge in [-0.2, -0.15) is 0 Å². The summed E-state index contributed by atoms with van der Waals surface area (Å²) in [6, 6.07) is 1.74. The summed E-state index contributed by atoms with van der Waals surface area (Å²) in [4.78, 5) is 4.10. The molecule has 1 aromatic heterocycles. The summed E-state index contributed by atoms with van der Waals surface area (Å²) in [6.07, 6.45) is 1.25. The Morgan fingerprint density at radius 2 is 1.68 bits per heavy atom. The SMILES string of the molecule is CC(C)c1cc(B2OC(C)(C)C(C)(C)O2)c(F)cn1. The van der Waals surface area contributed by atoms with Crippen LogP contribution in [0.2, 0.25) is 0 Å². The molecule has 1 aliphatic heterocycles. The minimum absolute atomic E-state index is 0.238. The van der Waals surface area contributed by atoms with Crippen molar-refractivity contribution in [3.63, 3.8) is 0 Å². The maximum Gasteiger partial charge on any atom is 0.497 e. The highest BCUT2D eigenvalue weighted by Crippen LogP contribution is 2.36. The fourth-order valence-electron chi connectivity index (χ4n) is 1.94. The Bertz CT molecular complexity index is 472. The molecule has 1 saturated heterocycles. The van der Waals surface area contributed by atoms with E-state index in [1.54, 1.807) is 6.07 Å². The molecule has 1 aromatic rings. The molecule has 5 heteroatoms. The lowest BCUT2D eigenvalue weighted by molar-refractivity contribution is 0.00578. The third-order valence-corrected chi connectivity index (χ3v) is 4.00. The zero-order chi connectivity index (χ0) is 14.4. The van der Waals surface area contributed by atoms with E-state index < -0.39 is 18.3 Å². The predicted molar refractivity (Wildman–Crippen MR) is 74.0 cm³/mol. The zero-order valence-corrected chi connectivity index (χ0v) is 12.5. The van der Waals surface area contributed by atoms with Gasteiger partial charge in [0.25, 0.3) is 0 Å². The first-order chi connectivity index (χ1) is 8.64. The number of pyridine rings is 1. The van der Waals surface area contributed by atoms with E-state index in [2.05, 4.69) is 4.98 Å². The molecule has 0 aromatic carbocycles. The summed E-state index contributed by atoms with van der Waals surface area (Å²) in [7, 11) is -0.675. The van der Waals surface area contributed by atoms with Gasteiger partial charge in [0.15, 0.2) is 0 Å². The van der Waals surface area contributed by atoms with Crippen molar-refractivity contribution in [1.29, 1.82) is 0 Å². The van der Waals surface area contributed by atoms with Crippen LogP contribution in [0.25, 0.3) is 0 Å². The fourth-order valence-corrected chi connectivity index (χ4v) is 1.94. The van der Waals surface area contributed by atoms with Gasteiger partial charge in [0.1, 0.15) is 5.82 Å². The fraction of sp³-hybridized carbons (Fsp3) is 0.643. The van der Waals surface area contributed by atoms with Crippen molar-refractivity contribution in [2.24, 2.45) is 0 Å². The Kier molecular flexibility index (Phi) is 3.48. The molecular weight excluding hydrogens is 244 g/mol. The highest BCUT2D eigenvalue weighted by atomic mass is 19.1. The largest absolute Gasteiger partial charge is 0.497 e. The van der Waals surface area contributed by atoms with Gasteiger partial charge in [-0.05, 0) is 39.7 Å². The van der Waals surface area contributed by atoms with Crippen LogP contribution in [0.5, 0.6) is 0 Å². The molecule has 0 N–H and O–H groups in total. The molecule has 0 aliphatic carbocycles. The minimum Gasteiger partial charge on any atom is -0.399 e. The van der Waals surface area contributed by atoms with E-state index in [-0.39, 0.29) is 11.7 Å². The Morgan fingerprint density at radius 3 is 2.16 bits per heavy atom. The minimum atomic E-state index is -0.675. The van der Waals surface area contributed by atoms with Crippen molar-refractivity contribution in [1.82, 2.24) is 4.98 Å². The lowest BCUT2D eigenvalue weighted by Gasteiger charge is -2.32. The normalized spacial score (nSPS) is 21.2. The van der Waals surface area contributed by atoms with Crippen LogP contribution >= 0.6 is 0 Å². The second-order valence-corrected chi connectivity index (χ2v) is 6.37. The third-order valence-electron chi connectivity index (χ3n) is 4.00. The van der Waals surface area contributed by atoms with Gasteiger partial charge in [-0.3, -0.25) is 4.98 Å². The molecule has 2 rings (SSSR count). The summed E-state index contributed by atoms with van der Waals surface area (Å²) >= 11 is 0. The summed E-state index contributed by atoms with van der Waals surface area (Å²) in [5.74, 6) is -0.148. The Morgan fingerprint density at radius 1 is 1.16 bits per heavy atom. The van der Waals surface area contributed by atoms with E-state index in [1.807, 2.05) is 41.5 Å². The standard InChI is InChI=1S/C14H21BFNO2/c1-9(2)12-7-10(11(16)8-17-12)15-18-13(3,4)14(5,6)19-15/h7-9H,1-6H3. The second kappa shape index (κ2) is 4.56. The van der Waals surface area contributed by atoms with Gasteiger partial charge in [-0.25, -0.2) is 4.39 Å². The molecular formula is C14H21BFNO2. The number of nitrogens with zero attached hydrogens (tertiary/aromatic N) is 1.